The Balaban J connectivity index is 1.21. The zero-order valence-corrected chi connectivity index (χ0v) is 28.9. The molecule has 1 atom stereocenters. The van der Waals surface area contributed by atoms with Crippen molar-refractivity contribution < 1.29 is 0 Å². The minimum atomic E-state index is 0.0252. The van der Waals surface area contributed by atoms with Crippen molar-refractivity contribution in [3.05, 3.63) is 203 Å². The van der Waals surface area contributed by atoms with Gasteiger partial charge in [-0.1, -0.05) is 161 Å². The number of nitrogens with zero attached hydrogens (tertiary/aromatic N) is 1. The summed E-state index contributed by atoms with van der Waals surface area (Å²) in [6.45, 7) is 20.2. The molecule has 1 nitrogen and oxygen atoms in total. The summed E-state index contributed by atoms with van der Waals surface area (Å²) in [5, 5.41) is 0. The highest BCUT2D eigenvalue weighted by molar-refractivity contribution is 6.14. The quantitative estimate of drug-likeness (QED) is 0.130. The van der Waals surface area contributed by atoms with E-state index in [1.807, 2.05) is 48.5 Å². The van der Waals surface area contributed by atoms with Crippen LogP contribution in [-0.4, -0.2) is 5.71 Å². The van der Waals surface area contributed by atoms with Gasteiger partial charge < -0.3 is 0 Å². The molecule has 2 aliphatic rings. The highest BCUT2D eigenvalue weighted by Crippen LogP contribution is 2.53. The Labute approximate surface area is 287 Å². The van der Waals surface area contributed by atoms with Gasteiger partial charge in [0.05, 0.1) is 11.4 Å². The number of hydrogen-bond donors (Lipinski definition) is 0. The van der Waals surface area contributed by atoms with E-state index in [1.165, 1.54) is 33.4 Å². The number of benzene rings is 4. The zero-order valence-electron chi connectivity index (χ0n) is 28.9. The van der Waals surface area contributed by atoms with Crippen LogP contribution in [0.4, 0.5) is 0 Å². The number of allylic oxidation sites excluding steroid dienone is 11. The largest absolute Gasteiger partial charge is 0.248 e. The summed E-state index contributed by atoms with van der Waals surface area (Å²) in [4.78, 5) is 4.98. The van der Waals surface area contributed by atoms with Gasteiger partial charge in [0, 0.05) is 11.0 Å². The van der Waals surface area contributed by atoms with Gasteiger partial charge >= 0.3 is 0 Å². The van der Waals surface area contributed by atoms with E-state index < -0.39 is 0 Å². The third kappa shape index (κ3) is 6.73. The molecule has 0 N–H and O–H groups in total. The van der Waals surface area contributed by atoms with Crippen LogP contribution in [0.5, 0.6) is 0 Å². The predicted octanol–water partition coefficient (Wildman–Crippen LogP) is 12.5. The number of rotatable bonds is 9. The zero-order chi connectivity index (χ0) is 33.8. The number of fused-ring (bicyclic) bond motifs is 2. The lowest BCUT2D eigenvalue weighted by molar-refractivity contribution is 0.638. The van der Waals surface area contributed by atoms with Crippen molar-refractivity contribution >= 4 is 28.1 Å². The van der Waals surface area contributed by atoms with E-state index in [0.717, 1.165) is 51.2 Å². The maximum absolute atomic E-state index is 4.98. The lowest BCUT2D eigenvalue weighted by atomic mass is 9.76. The smallest absolute Gasteiger partial charge is 0.0712 e. The maximum Gasteiger partial charge on any atom is 0.0712 e. The van der Waals surface area contributed by atoms with Crippen LogP contribution in [0.2, 0.25) is 0 Å². The Hall–Kier alpha value is -5.27. The summed E-state index contributed by atoms with van der Waals surface area (Å²) < 4.78 is 0. The van der Waals surface area contributed by atoms with Crippen LogP contribution < -0.4 is 0 Å². The molecule has 0 aromatic heterocycles. The molecule has 0 aliphatic heterocycles. The van der Waals surface area contributed by atoms with E-state index >= 15 is 0 Å². The van der Waals surface area contributed by atoms with Crippen LogP contribution in [0.3, 0.4) is 0 Å². The molecule has 0 amide bonds. The van der Waals surface area contributed by atoms with Gasteiger partial charge in [0.25, 0.3) is 0 Å². The van der Waals surface area contributed by atoms with Crippen molar-refractivity contribution in [2.75, 3.05) is 0 Å². The highest BCUT2D eigenvalue weighted by atomic mass is 14.8. The molecule has 6 rings (SSSR count). The molecule has 0 saturated carbocycles. The average molecular weight is 624 g/mol. The van der Waals surface area contributed by atoms with Gasteiger partial charge in [-0.25, -0.2) is 4.99 Å². The van der Waals surface area contributed by atoms with Crippen LogP contribution in [-0.2, 0) is 5.41 Å². The molecule has 4 aromatic rings. The average Bonchev–Trinajstić information content (AvgIpc) is 3.35. The van der Waals surface area contributed by atoms with Crippen molar-refractivity contribution in [3.8, 4) is 0 Å². The van der Waals surface area contributed by atoms with Crippen LogP contribution in [0, 0.1) is 5.92 Å². The second-order valence-corrected chi connectivity index (χ2v) is 13.6. The topological polar surface area (TPSA) is 12.4 Å². The summed E-state index contributed by atoms with van der Waals surface area (Å²) in [5.74, 6) is 0.494. The molecular weight excluding hydrogens is 579 g/mol. The van der Waals surface area contributed by atoms with E-state index in [9.17, 15) is 0 Å². The highest BCUT2D eigenvalue weighted by Gasteiger charge is 2.40. The predicted molar refractivity (Wildman–Crippen MR) is 209 cm³/mol. The number of hydrogen-bond acceptors (Lipinski definition) is 1. The Morgan fingerprint density at radius 3 is 2.10 bits per heavy atom. The monoisotopic (exact) mass is 623 g/mol. The van der Waals surface area contributed by atoms with Crippen molar-refractivity contribution in [1.82, 2.24) is 0 Å². The molecule has 0 spiro atoms. The fraction of sp³-hybridized carbons (Fsp3) is 0.170. The van der Waals surface area contributed by atoms with Gasteiger partial charge in [0.1, 0.15) is 0 Å². The van der Waals surface area contributed by atoms with Crippen LogP contribution in [0.1, 0.15) is 74.4 Å². The van der Waals surface area contributed by atoms with E-state index in [1.54, 1.807) is 0 Å². The molecule has 48 heavy (non-hydrogen) atoms. The van der Waals surface area contributed by atoms with Crippen LogP contribution in [0.15, 0.2) is 174 Å². The van der Waals surface area contributed by atoms with E-state index in [2.05, 4.69) is 139 Å². The third-order valence-corrected chi connectivity index (χ3v) is 9.82. The Kier molecular flexibility index (Phi) is 9.42. The minimum Gasteiger partial charge on any atom is -0.248 e. The third-order valence-electron chi connectivity index (χ3n) is 9.82. The first-order valence-electron chi connectivity index (χ1n) is 16.9. The van der Waals surface area contributed by atoms with Gasteiger partial charge in [-0.15, -0.1) is 0 Å². The molecule has 2 aliphatic carbocycles. The molecule has 0 heterocycles. The molecule has 0 saturated heterocycles. The lowest BCUT2D eigenvalue weighted by Crippen LogP contribution is -2.18. The standard InChI is InChI=1S/C47H45N/c1-32(18-16-19-33(2)41-28-35(4)46-42-26-14-15-27-43(42)47(6,7)44(46)31-41)39-24-17-25-40(30-39)34(3)29-45(38-22-12-9-13-23-38)48-36(5)37-20-10-8-11-21-37/h8-27,29-31,35H,1,5,28H2,2-4,6-7H3/b18-16-,33-19+,34-29+,48-45?. The molecule has 1 unspecified atom stereocenters. The summed E-state index contributed by atoms with van der Waals surface area (Å²) >= 11 is 0. The summed E-state index contributed by atoms with van der Waals surface area (Å²) in [6, 6.07) is 37.9. The lowest BCUT2D eigenvalue weighted by Gasteiger charge is -2.28. The van der Waals surface area contributed by atoms with Crippen LogP contribution >= 0.6 is 0 Å². The maximum atomic E-state index is 4.98. The van der Waals surface area contributed by atoms with Crippen molar-refractivity contribution in [3.63, 3.8) is 0 Å². The molecular formula is C47H45N. The second-order valence-electron chi connectivity index (χ2n) is 13.6. The Morgan fingerprint density at radius 1 is 0.750 bits per heavy atom. The van der Waals surface area contributed by atoms with Crippen molar-refractivity contribution in [2.45, 2.75) is 46.5 Å². The van der Waals surface area contributed by atoms with E-state index in [0.29, 0.717) is 5.92 Å². The normalized spacial score (nSPS) is 17.6. The fourth-order valence-corrected chi connectivity index (χ4v) is 7.01. The summed E-state index contributed by atoms with van der Waals surface area (Å²) in [6.07, 6.45) is 12.2. The first-order chi connectivity index (χ1) is 23.1. The second kappa shape index (κ2) is 13.8. The van der Waals surface area contributed by atoms with Crippen LogP contribution in [0.25, 0.3) is 22.4 Å². The number of aliphatic imine (C=N–C) groups is 1. The van der Waals surface area contributed by atoms with Gasteiger partial charge in [0.15, 0.2) is 0 Å². The summed E-state index contributed by atoms with van der Waals surface area (Å²) in [7, 11) is 0. The van der Waals surface area contributed by atoms with Crippen molar-refractivity contribution in [2.24, 2.45) is 10.9 Å². The molecule has 238 valence electrons. The van der Waals surface area contributed by atoms with Gasteiger partial charge in [-0.05, 0) is 99.6 Å². The molecule has 0 fully saturated rings. The molecule has 0 radical (unpaired) electrons. The van der Waals surface area contributed by atoms with Crippen molar-refractivity contribution in [1.29, 1.82) is 0 Å². The summed E-state index contributed by atoms with van der Waals surface area (Å²) in [5.41, 5.74) is 16.7. The molecule has 1 heteroatoms. The van der Waals surface area contributed by atoms with E-state index in [-0.39, 0.29) is 5.41 Å². The van der Waals surface area contributed by atoms with E-state index in [4.69, 9.17) is 4.99 Å². The van der Waals surface area contributed by atoms with Gasteiger partial charge in [-0.2, -0.15) is 0 Å². The minimum absolute atomic E-state index is 0.0252. The van der Waals surface area contributed by atoms with Gasteiger partial charge in [-0.3, -0.25) is 0 Å². The molecule has 0 bridgehead atoms. The SMILES string of the molecule is C=C(/C=C\C=C(/C)C1=CC2=C(c3ccccc3C2(C)C)C(C)C1)c1cccc(/C(C)=C/C(=NC(=C)c2ccccc2)c2ccccc2)c1. The van der Waals surface area contributed by atoms with Gasteiger partial charge in [0.2, 0.25) is 0 Å². The Morgan fingerprint density at radius 2 is 1.38 bits per heavy atom. The fourth-order valence-electron chi connectivity index (χ4n) is 7.01. The first kappa shape index (κ1) is 32.7. The first-order valence-corrected chi connectivity index (χ1v) is 16.9. The molecule has 4 aromatic carbocycles. The Bertz CT molecular complexity index is 2060.